The Morgan fingerprint density at radius 3 is 2.50 bits per heavy atom. The van der Waals surface area contributed by atoms with Crippen molar-refractivity contribution in [2.45, 2.75) is 40.0 Å². The smallest absolute Gasteiger partial charge is 0.0536 e. The molecule has 1 rings (SSSR count). The van der Waals surface area contributed by atoms with Gasteiger partial charge in [-0.05, 0) is 17.9 Å². The molecule has 0 heterocycles. The van der Waals surface area contributed by atoms with Crippen molar-refractivity contribution in [3.63, 3.8) is 0 Å². The summed E-state index contributed by atoms with van der Waals surface area (Å²) < 4.78 is 5.39. The van der Waals surface area contributed by atoms with Gasteiger partial charge in [-0.15, -0.1) is 0 Å². The van der Waals surface area contributed by atoms with Gasteiger partial charge in [0.25, 0.3) is 0 Å². The molecule has 0 bridgehead atoms. The van der Waals surface area contributed by atoms with Crippen molar-refractivity contribution in [2.24, 2.45) is 5.41 Å². The highest BCUT2D eigenvalue weighted by Crippen LogP contribution is 2.38. The molecule has 0 aliphatic carbocycles. The molecular weight excluding hydrogens is 196 g/mol. The summed E-state index contributed by atoms with van der Waals surface area (Å²) in [6.45, 7) is 9.83. The summed E-state index contributed by atoms with van der Waals surface area (Å²) in [5.41, 5.74) is 3.00. The van der Waals surface area contributed by atoms with Crippen LogP contribution in [0.3, 0.4) is 0 Å². The highest BCUT2D eigenvalue weighted by Gasteiger charge is 2.29. The molecule has 0 fully saturated rings. The molecule has 0 aromatic heterocycles. The zero-order valence-electron chi connectivity index (χ0n) is 11.2. The van der Waals surface area contributed by atoms with Gasteiger partial charge in [0.2, 0.25) is 0 Å². The van der Waals surface area contributed by atoms with Crippen molar-refractivity contribution in [3.05, 3.63) is 35.4 Å². The van der Waals surface area contributed by atoms with Crippen molar-refractivity contribution >= 4 is 0 Å². The van der Waals surface area contributed by atoms with Crippen molar-refractivity contribution in [2.75, 3.05) is 13.7 Å². The van der Waals surface area contributed by atoms with Gasteiger partial charge in [0, 0.05) is 13.0 Å². The maximum atomic E-state index is 5.39. The van der Waals surface area contributed by atoms with Crippen LogP contribution < -0.4 is 0 Å². The highest BCUT2D eigenvalue weighted by atomic mass is 16.5. The normalized spacial score (nSPS) is 13.8. The average molecular weight is 220 g/mol. The number of aryl methyl sites for hydroxylation is 1. The van der Waals surface area contributed by atoms with Gasteiger partial charge in [0.1, 0.15) is 0 Å². The third-order valence-electron chi connectivity index (χ3n) is 3.63. The van der Waals surface area contributed by atoms with Gasteiger partial charge in [-0.3, -0.25) is 0 Å². The largest absolute Gasteiger partial charge is 0.384 e. The van der Waals surface area contributed by atoms with Crippen molar-refractivity contribution in [1.82, 2.24) is 0 Å². The summed E-state index contributed by atoms with van der Waals surface area (Å²) >= 11 is 0. The standard InChI is InChI=1S/C15H24O/c1-6-15(3,4)14(11-16-5)13-9-7-8-12(2)10-13/h7-10,14H,6,11H2,1-5H3/t14-/m1/s1. The van der Waals surface area contributed by atoms with Crippen molar-refractivity contribution in [1.29, 1.82) is 0 Å². The first-order valence-electron chi connectivity index (χ1n) is 6.06. The third-order valence-corrected chi connectivity index (χ3v) is 3.63. The molecule has 1 aromatic rings. The molecule has 0 aliphatic heterocycles. The van der Waals surface area contributed by atoms with E-state index in [1.54, 1.807) is 7.11 Å². The van der Waals surface area contributed by atoms with Crippen molar-refractivity contribution < 1.29 is 4.74 Å². The van der Waals surface area contributed by atoms with Crippen LogP contribution in [0.1, 0.15) is 44.2 Å². The molecule has 0 aliphatic rings. The molecule has 0 saturated heterocycles. The van der Waals surface area contributed by atoms with Crippen LogP contribution in [-0.2, 0) is 4.74 Å². The molecule has 0 radical (unpaired) electrons. The van der Waals surface area contributed by atoms with Crippen LogP contribution in [0.5, 0.6) is 0 Å². The zero-order chi connectivity index (χ0) is 12.2. The molecule has 1 heteroatoms. The molecule has 1 aromatic carbocycles. The van der Waals surface area contributed by atoms with E-state index in [-0.39, 0.29) is 5.41 Å². The Hall–Kier alpha value is -0.820. The number of benzene rings is 1. The van der Waals surface area contributed by atoms with Crippen LogP contribution in [0.4, 0.5) is 0 Å². The lowest BCUT2D eigenvalue weighted by atomic mass is 9.73. The van der Waals surface area contributed by atoms with Gasteiger partial charge in [-0.1, -0.05) is 57.0 Å². The molecule has 0 saturated carbocycles. The van der Waals surface area contributed by atoms with Gasteiger partial charge < -0.3 is 4.74 Å². The molecule has 0 unspecified atom stereocenters. The minimum absolute atomic E-state index is 0.282. The summed E-state index contributed by atoms with van der Waals surface area (Å²) in [6, 6.07) is 8.78. The second kappa shape index (κ2) is 5.49. The lowest BCUT2D eigenvalue weighted by Gasteiger charge is -2.33. The predicted octanol–water partition coefficient (Wildman–Crippen LogP) is 4.16. The van der Waals surface area contributed by atoms with E-state index in [0.717, 1.165) is 13.0 Å². The monoisotopic (exact) mass is 220 g/mol. The summed E-state index contributed by atoms with van der Waals surface area (Å²) in [5, 5.41) is 0. The molecule has 0 amide bonds. The Labute approximate surface area is 99.8 Å². The number of rotatable bonds is 5. The van der Waals surface area contributed by atoms with E-state index in [1.165, 1.54) is 11.1 Å². The van der Waals surface area contributed by atoms with E-state index < -0.39 is 0 Å². The zero-order valence-corrected chi connectivity index (χ0v) is 11.2. The number of ether oxygens (including phenoxy) is 1. The van der Waals surface area contributed by atoms with Gasteiger partial charge in [0.15, 0.2) is 0 Å². The minimum atomic E-state index is 0.282. The molecule has 90 valence electrons. The summed E-state index contributed by atoms with van der Waals surface area (Å²) in [7, 11) is 1.79. The Kier molecular flexibility index (Phi) is 4.55. The first-order valence-corrected chi connectivity index (χ1v) is 6.06. The van der Waals surface area contributed by atoms with Crippen LogP contribution in [0.2, 0.25) is 0 Å². The van der Waals surface area contributed by atoms with Gasteiger partial charge in [0.05, 0.1) is 6.61 Å². The molecule has 1 atom stereocenters. The number of hydrogen-bond donors (Lipinski definition) is 0. The Morgan fingerprint density at radius 2 is 2.00 bits per heavy atom. The average Bonchev–Trinajstić information content (AvgIpc) is 2.25. The number of hydrogen-bond acceptors (Lipinski definition) is 1. The maximum absolute atomic E-state index is 5.39. The Balaban J connectivity index is 3.02. The SMILES string of the molecule is CCC(C)(C)[C@H](COC)c1cccc(C)c1. The fourth-order valence-electron chi connectivity index (χ4n) is 2.07. The second-order valence-electron chi connectivity index (χ2n) is 5.26. The lowest BCUT2D eigenvalue weighted by molar-refractivity contribution is 0.121. The van der Waals surface area contributed by atoms with E-state index in [0.29, 0.717) is 5.92 Å². The molecule has 16 heavy (non-hydrogen) atoms. The van der Waals surface area contributed by atoms with E-state index in [9.17, 15) is 0 Å². The minimum Gasteiger partial charge on any atom is -0.384 e. The lowest BCUT2D eigenvalue weighted by Crippen LogP contribution is -2.25. The fourth-order valence-corrected chi connectivity index (χ4v) is 2.07. The van der Waals surface area contributed by atoms with Crippen LogP contribution in [0.15, 0.2) is 24.3 Å². The van der Waals surface area contributed by atoms with Crippen LogP contribution in [0, 0.1) is 12.3 Å². The first kappa shape index (κ1) is 13.2. The van der Waals surface area contributed by atoms with Crippen LogP contribution in [-0.4, -0.2) is 13.7 Å². The maximum Gasteiger partial charge on any atom is 0.0536 e. The van der Waals surface area contributed by atoms with Crippen LogP contribution >= 0.6 is 0 Å². The van der Waals surface area contributed by atoms with Crippen LogP contribution in [0.25, 0.3) is 0 Å². The highest BCUT2D eigenvalue weighted by molar-refractivity contribution is 5.27. The summed E-state index contributed by atoms with van der Waals surface area (Å²) in [4.78, 5) is 0. The quantitative estimate of drug-likeness (QED) is 0.724. The molecule has 0 N–H and O–H groups in total. The molecule has 0 spiro atoms. The van der Waals surface area contributed by atoms with Gasteiger partial charge >= 0.3 is 0 Å². The Morgan fingerprint density at radius 1 is 1.31 bits per heavy atom. The fraction of sp³-hybridized carbons (Fsp3) is 0.600. The van der Waals surface area contributed by atoms with E-state index in [1.807, 2.05) is 0 Å². The second-order valence-corrected chi connectivity index (χ2v) is 5.26. The van der Waals surface area contributed by atoms with E-state index in [4.69, 9.17) is 4.74 Å². The topological polar surface area (TPSA) is 9.23 Å². The Bertz CT molecular complexity index is 328. The summed E-state index contributed by atoms with van der Waals surface area (Å²) in [5.74, 6) is 0.474. The molecule has 1 nitrogen and oxygen atoms in total. The predicted molar refractivity (Wildman–Crippen MR) is 69.9 cm³/mol. The molecular formula is C15H24O. The first-order chi connectivity index (χ1) is 7.51. The van der Waals surface area contributed by atoms with Crippen molar-refractivity contribution in [3.8, 4) is 0 Å². The van der Waals surface area contributed by atoms with E-state index in [2.05, 4.69) is 52.0 Å². The van der Waals surface area contributed by atoms with Gasteiger partial charge in [-0.2, -0.15) is 0 Å². The number of methoxy groups -OCH3 is 1. The third kappa shape index (κ3) is 3.08. The summed E-state index contributed by atoms with van der Waals surface area (Å²) in [6.07, 6.45) is 1.16. The van der Waals surface area contributed by atoms with Gasteiger partial charge in [-0.25, -0.2) is 0 Å². The van der Waals surface area contributed by atoms with E-state index >= 15 is 0 Å².